The van der Waals surface area contributed by atoms with Crippen molar-refractivity contribution in [2.45, 2.75) is 57.3 Å². The van der Waals surface area contributed by atoms with E-state index in [9.17, 15) is 0 Å². The standard InChI is InChI=1S/C8H17N.C6H11NO2/c1-7-4-3-5-8(2,9)6-7;1(5-3-8-5)7-2-6-4-9-6/h7H,3-6,9H2,1-2H3;5-7H,1-4H2. The number of epoxide rings is 2. The van der Waals surface area contributed by atoms with Gasteiger partial charge < -0.3 is 20.5 Å². The van der Waals surface area contributed by atoms with E-state index in [1.165, 1.54) is 25.7 Å². The van der Waals surface area contributed by atoms with E-state index in [1.54, 1.807) is 0 Å². The molecule has 0 amide bonds. The van der Waals surface area contributed by atoms with Gasteiger partial charge in [-0.1, -0.05) is 19.8 Å². The highest BCUT2D eigenvalue weighted by molar-refractivity contribution is 4.84. The van der Waals surface area contributed by atoms with Crippen LogP contribution >= 0.6 is 0 Å². The zero-order valence-corrected chi connectivity index (χ0v) is 11.8. The first-order valence-corrected chi connectivity index (χ1v) is 7.28. The number of hydrogen-bond acceptors (Lipinski definition) is 4. The van der Waals surface area contributed by atoms with Crippen LogP contribution in [0, 0.1) is 5.92 Å². The summed E-state index contributed by atoms with van der Waals surface area (Å²) in [5.41, 5.74) is 6.12. The van der Waals surface area contributed by atoms with E-state index < -0.39 is 0 Å². The van der Waals surface area contributed by atoms with Crippen molar-refractivity contribution < 1.29 is 9.47 Å². The Hall–Kier alpha value is -0.160. The summed E-state index contributed by atoms with van der Waals surface area (Å²) in [7, 11) is 0. The Labute approximate surface area is 111 Å². The molecule has 0 aromatic carbocycles. The fourth-order valence-electron chi connectivity index (χ4n) is 2.63. The molecule has 0 bridgehead atoms. The van der Waals surface area contributed by atoms with E-state index in [4.69, 9.17) is 15.2 Å². The van der Waals surface area contributed by atoms with E-state index in [-0.39, 0.29) is 5.54 Å². The molecule has 3 rings (SSSR count). The monoisotopic (exact) mass is 256 g/mol. The highest BCUT2D eigenvalue weighted by Gasteiger charge is 2.26. The molecule has 3 N–H and O–H groups in total. The van der Waals surface area contributed by atoms with Crippen molar-refractivity contribution in [3.05, 3.63) is 0 Å². The van der Waals surface area contributed by atoms with E-state index in [1.807, 2.05) is 0 Å². The quantitative estimate of drug-likeness (QED) is 0.744. The lowest BCUT2D eigenvalue weighted by Gasteiger charge is -2.33. The van der Waals surface area contributed by atoms with Crippen molar-refractivity contribution >= 4 is 0 Å². The average molecular weight is 256 g/mol. The fourth-order valence-corrected chi connectivity index (χ4v) is 2.63. The minimum Gasteiger partial charge on any atom is -0.372 e. The van der Waals surface area contributed by atoms with Crippen LogP contribution in [0.25, 0.3) is 0 Å². The second-order valence-electron chi connectivity index (χ2n) is 6.42. The molecular weight excluding hydrogens is 228 g/mol. The topological polar surface area (TPSA) is 63.1 Å². The van der Waals surface area contributed by atoms with Crippen molar-refractivity contribution in [1.29, 1.82) is 0 Å². The molecule has 4 unspecified atom stereocenters. The van der Waals surface area contributed by atoms with E-state index in [0.29, 0.717) is 12.2 Å². The third kappa shape index (κ3) is 6.14. The van der Waals surface area contributed by atoms with Gasteiger partial charge in [0.15, 0.2) is 0 Å². The van der Waals surface area contributed by atoms with Gasteiger partial charge >= 0.3 is 0 Å². The normalized spacial score (nSPS) is 41.8. The Morgan fingerprint density at radius 1 is 1.22 bits per heavy atom. The zero-order chi connectivity index (χ0) is 13.0. The molecular formula is C14H28N2O2. The van der Waals surface area contributed by atoms with Gasteiger partial charge in [0.1, 0.15) is 0 Å². The molecule has 106 valence electrons. The lowest BCUT2D eigenvalue weighted by Crippen LogP contribution is -2.40. The summed E-state index contributed by atoms with van der Waals surface area (Å²) in [6.45, 7) is 8.35. The Morgan fingerprint density at radius 2 is 1.78 bits per heavy atom. The van der Waals surface area contributed by atoms with E-state index in [0.717, 1.165) is 32.2 Å². The smallest absolute Gasteiger partial charge is 0.0933 e. The van der Waals surface area contributed by atoms with Gasteiger partial charge in [-0.3, -0.25) is 0 Å². The molecule has 2 aliphatic heterocycles. The van der Waals surface area contributed by atoms with E-state index >= 15 is 0 Å². The summed E-state index contributed by atoms with van der Waals surface area (Å²) in [6, 6.07) is 0. The summed E-state index contributed by atoms with van der Waals surface area (Å²) >= 11 is 0. The summed E-state index contributed by atoms with van der Waals surface area (Å²) in [6.07, 6.45) is 6.15. The molecule has 18 heavy (non-hydrogen) atoms. The first-order chi connectivity index (χ1) is 8.55. The fraction of sp³-hybridized carbons (Fsp3) is 1.00. The largest absolute Gasteiger partial charge is 0.372 e. The summed E-state index contributed by atoms with van der Waals surface area (Å²) in [5.74, 6) is 0.855. The second-order valence-corrected chi connectivity index (χ2v) is 6.42. The SMILES string of the molecule is C(NCC1CO1)C1CO1.CC1CCCC(C)(N)C1. The first kappa shape index (κ1) is 14.3. The predicted octanol–water partition coefficient (Wildman–Crippen LogP) is 1.29. The number of rotatable bonds is 4. The lowest BCUT2D eigenvalue weighted by atomic mass is 9.78. The molecule has 1 aliphatic carbocycles. The van der Waals surface area contributed by atoms with Gasteiger partial charge in [-0.15, -0.1) is 0 Å². The van der Waals surface area contributed by atoms with Crippen LogP contribution in [0.1, 0.15) is 39.5 Å². The molecule has 2 saturated heterocycles. The maximum Gasteiger partial charge on any atom is 0.0933 e. The van der Waals surface area contributed by atoms with Crippen molar-refractivity contribution in [2.75, 3.05) is 26.3 Å². The molecule has 0 aromatic heterocycles. The van der Waals surface area contributed by atoms with Crippen LogP contribution in [0.15, 0.2) is 0 Å². The van der Waals surface area contributed by atoms with Gasteiger partial charge in [0.25, 0.3) is 0 Å². The van der Waals surface area contributed by atoms with Crippen molar-refractivity contribution in [2.24, 2.45) is 11.7 Å². The van der Waals surface area contributed by atoms with Crippen molar-refractivity contribution in [3.63, 3.8) is 0 Å². The number of nitrogens with two attached hydrogens (primary N) is 1. The Kier molecular flexibility index (Phi) is 5.01. The van der Waals surface area contributed by atoms with Gasteiger partial charge in [-0.2, -0.15) is 0 Å². The maximum atomic E-state index is 5.97. The molecule has 3 fully saturated rings. The van der Waals surface area contributed by atoms with Gasteiger partial charge in [-0.05, 0) is 25.7 Å². The van der Waals surface area contributed by atoms with Crippen LogP contribution in [0.2, 0.25) is 0 Å². The maximum absolute atomic E-state index is 5.97. The third-order valence-electron chi connectivity index (χ3n) is 3.81. The highest BCUT2D eigenvalue weighted by atomic mass is 16.6. The van der Waals surface area contributed by atoms with Crippen LogP contribution < -0.4 is 11.1 Å². The Balaban J connectivity index is 0.000000134. The summed E-state index contributed by atoms with van der Waals surface area (Å²) < 4.78 is 10.0. The summed E-state index contributed by atoms with van der Waals surface area (Å²) in [5, 5.41) is 3.26. The summed E-state index contributed by atoms with van der Waals surface area (Å²) in [4.78, 5) is 0. The lowest BCUT2D eigenvalue weighted by molar-refractivity contribution is 0.256. The van der Waals surface area contributed by atoms with Crippen LogP contribution in [-0.2, 0) is 9.47 Å². The first-order valence-electron chi connectivity index (χ1n) is 7.28. The molecule has 0 aromatic rings. The highest BCUT2D eigenvalue weighted by Crippen LogP contribution is 2.29. The second kappa shape index (κ2) is 6.33. The Bertz CT molecular complexity index is 238. The number of nitrogens with one attached hydrogen (secondary N) is 1. The zero-order valence-electron chi connectivity index (χ0n) is 11.8. The number of hydrogen-bond donors (Lipinski definition) is 2. The molecule has 1 saturated carbocycles. The van der Waals surface area contributed by atoms with Crippen LogP contribution in [-0.4, -0.2) is 44.1 Å². The van der Waals surface area contributed by atoms with Gasteiger partial charge in [0, 0.05) is 18.6 Å². The Morgan fingerprint density at radius 3 is 2.11 bits per heavy atom. The minimum atomic E-state index is 0.150. The molecule has 3 aliphatic rings. The van der Waals surface area contributed by atoms with E-state index in [2.05, 4.69) is 19.2 Å². The molecule has 4 heteroatoms. The minimum absolute atomic E-state index is 0.150. The van der Waals surface area contributed by atoms with Gasteiger partial charge in [0.05, 0.1) is 25.4 Å². The molecule has 4 atom stereocenters. The van der Waals surface area contributed by atoms with Crippen molar-refractivity contribution in [1.82, 2.24) is 5.32 Å². The number of ether oxygens (including phenoxy) is 2. The van der Waals surface area contributed by atoms with Crippen LogP contribution in [0.3, 0.4) is 0 Å². The molecule has 4 nitrogen and oxygen atoms in total. The third-order valence-corrected chi connectivity index (χ3v) is 3.81. The molecule has 0 spiro atoms. The van der Waals surface area contributed by atoms with Crippen LogP contribution in [0.5, 0.6) is 0 Å². The van der Waals surface area contributed by atoms with Gasteiger partial charge in [0.2, 0.25) is 0 Å². The van der Waals surface area contributed by atoms with Gasteiger partial charge in [-0.25, -0.2) is 0 Å². The predicted molar refractivity (Wildman–Crippen MR) is 72.6 cm³/mol. The van der Waals surface area contributed by atoms with Crippen molar-refractivity contribution in [3.8, 4) is 0 Å². The average Bonchev–Trinajstić information content (AvgIpc) is 3.11. The molecule has 0 radical (unpaired) electrons. The van der Waals surface area contributed by atoms with Crippen LogP contribution in [0.4, 0.5) is 0 Å². The molecule has 2 heterocycles.